The Balaban J connectivity index is 0.000000175. The van der Waals surface area contributed by atoms with Crippen LogP contribution in [0.3, 0.4) is 0 Å². The third-order valence-corrected chi connectivity index (χ3v) is 13.8. The molecule has 7 aromatic carbocycles. The predicted molar refractivity (Wildman–Crippen MR) is 283 cm³/mol. The number of methoxy groups -OCH3 is 2. The number of nitrogens with two attached hydrogens (primary N) is 2. The lowest BCUT2D eigenvalue weighted by Gasteiger charge is -2.13. The van der Waals surface area contributed by atoms with Gasteiger partial charge in [0.05, 0.1) is 53.8 Å². The Hall–Kier alpha value is -9.87. The number of nitrogens with zero attached hydrogens (tertiary/aromatic N) is 5. The van der Waals surface area contributed by atoms with Crippen LogP contribution in [0.4, 0.5) is 11.6 Å². The molecule has 0 saturated carbocycles. The normalized spacial score (nSPS) is 11.2. The molecule has 0 atom stereocenters. The average Bonchev–Trinajstić information content (AvgIpc) is 4.24. The molecule has 0 unspecified atom stereocenters. The molecule has 4 aromatic heterocycles. The van der Waals surface area contributed by atoms with Crippen LogP contribution in [0.1, 0.15) is 37.7 Å². The summed E-state index contributed by atoms with van der Waals surface area (Å²) in [5.41, 5.74) is 16.8. The summed E-state index contributed by atoms with van der Waals surface area (Å²) in [6.45, 7) is 1.87. The number of aromatic amines is 1. The fourth-order valence-electron chi connectivity index (χ4n) is 8.33. The molecule has 0 saturated heterocycles. The number of ketones is 2. The third-order valence-electron chi connectivity index (χ3n) is 12.1. The number of benzene rings is 7. The highest BCUT2D eigenvalue weighted by atomic mass is 32.2. The number of nitrogens with one attached hydrogen (secondary N) is 1. The molecule has 368 valence electrons. The molecule has 0 bridgehead atoms. The Morgan fingerprint density at radius 1 is 0.541 bits per heavy atom. The quantitative estimate of drug-likeness (QED) is 0.0868. The van der Waals surface area contributed by atoms with Crippen molar-refractivity contribution in [2.75, 3.05) is 25.7 Å². The van der Waals surface area contributed by atoms with Crippen LogP contribution < -0.4 is 30.4 Å². The van der Waals surface area contributed by atoms with Gasteiger partial charge in [-0.1, -0.05) is 90.5 Å². The van der Waals surface area contributed by atoms with E-state index in [9.17, 15) is 18.0 Å². The van der Waals surface area contributed by atoms with Gasteiger partial charge in [-0.25, -0.2) is 21.8 Å². The summed E-state index contributed by atoms with van der Waals surface area (Å²) in [4.78, 5) is 30.3. The predicted octanol–water partition coefficient (Wildman–Crippen LogP) is 11.0. The maximum atomic E-state index is 14.0. The van der Waals surface area contributed by atoms with Gasteiger partial charge in [-0.05, 0) is 91.9 Å². The Bertz CT molecular complexity index is 3940. The van der Waals surface area contributed by atoms with Crippen molar-refractivity contribution in [1.29, 1.82) is 0 Å². The minimum atomic E-state index is -4.13. The molecule has 17 heteroatoms. The molecule has 0 spiro atoms. The Morgan fingerprint density at radius 2 is 1.04 bits per heavy atom. The first kappa shape index (κ1) is 47.8. The van der Waals surface area contributed by atoms with Crippen LogP contribution in [0.25, 0.3) is 33.2 Å². The molecule has 11 rings (SSSR count). The highest BCUT2D eigenvalue weighted by molar-refractivity contribution is 7.90. The minimum absolute atomic E-state index is 0.0274. The van der Waals surface area contributed by atoms with E-state index in [0.29, 0.717) is 68.0 Å². The van der Waals surface area contributed by atoms with Gasteiger partial charge in [0.1, 0.15) is 63.2 Å². The van der Waals surface area contributed by atoms with Gasteiger partial charge < -0.3 is 35.4 Å². The molecule has 16 nitrogen and oxygen atoms in total. The van der Waals surface area contributed by atoms with Crippen molar-refractivity contribution in [3.8, 4) is 45.9 Å². The summed E-state index contributed by atoms with van der Waals surface area (Å²) >= 11 is 0. The number of para-hydroxylation sites is 4. The number of carbonyl (C=O) groups excluding carboxylic acids is 2. The van der Waals surface area contributed by atoms with Crippen molar-refractivity contribution >= 4 is 55.0 Å². The summed E-state index contributed by atoms with van der Waals surface area (Å²) in [7, 11) is -1.07. The van der Waals surface area contributed by atoms with Crippen LogP contribution in [0.15, 0.2) is 199 Å². The van der Waals surface area contributed by atoms with E-state index in [-0.39, 0.29) is 33.6 Å². The van der Waals surface area contributed by atoms with Gasteiger partial charge in [-0.2, -0.15) is 10.2 Å². The monoisotopic (exact) mass is 1000 g/mol. The first-order chi connectivity index (χ1) is 35.9. The molecule has 74 heavy (non-hydrogen) atoms. The fraction of sp³-hybridized carbons (Fsp3) is 0.0526. The highest BCUT2D eigenvalue weighted by Crippen LogP contribution is 2.36. The van der Waals surface area contributed by atoms with Crippen LogP contribution in [-0.4, -0.2) is 62.7 Å². The molecule has 0 aliphatic carbocycles. The maximum Gasteiger partial charge on any atom is 0.268 e. The standard InChI is InChI=1S/C32H26N4O5S.C25H20N4O3/c1-21-12-15-25(16-13-21)42(38,39)36-27-11-7-6-8-22(27)18-29(36)31(37)26-20-34-35(32(26)33)28-17-14-24(19-30(28)40-2)41-23-9-4-3-5-10-23;1-31-23-14-18(32-17-8-3-2-4-9-17)11-12-22(23)29-25(26)19(15-27-29)24(30)21-13-16-7-5-6-10-20(16)28-21/h3-20H,33H2,1-2H3;2-15,28H,26H2,1H3. The molecule has 11 aromatic rings. The number of rotatable bonds is 14. The van der Waals surface area contributed by atoms with Crippen molar-refractivity contribution in [3.63, 3.8) is 0 Å². The molecule has 0 fully saturated rings. The lowest BCUT2D eigenvalue weighted by atomic mass is 10.1. The molecule has 0 radical (unpaired) electrons. The highest BCUT2D eigenvalue weighted by Gasteiger charge is 2.30. The van der Waals surface area contributed by atoms with Crippen molar-refractivity contribution in [2.24, 2.45) is 0 Å². The number of fused-ring (bicyclic) bond motifs is 2. The fourth-order valence-corrected chi connectivity index (χ4v) is 9.84. The second-order valence-electron chi connectivity index (χ2n) is 16.8. The van der Waals surface area contributed by atoms with E-state index in [1.165, 1.54) is 41.0 Å². The van der Waals surface area contributed by atoms with Crippen LogP contribution in [0.5, 0.6) is 34.5 Å². The number of aryl methyl sites for hydroxylation is 1. The second-order valence-corrected chi connectivity index (χ2v) is 18.6. The van der Waals surface area contributed by atoms with Crippen LogP contribution >= 0.6 is 0 Å². The summed E-state index contributed by atoms with van der Waals surface area (Å²) in [5, 5.41) is 10.3. The lowest BCUT2D eigenvalue weighted by Crippen LogP contribution is -2.19. The largest absolute Gasteiger partial charge is 0.494 e. The molecular weight excluding hydrogens is 957 g/mol. The average molecular weight is 1000 g/mol. The van der Waals surface area contributed by atoms with Gasteiger partial charge in [0.15, 0.2) is 0 Å². The molecule has 0 aliphatic rings. The van der Waals surface area contributed by atoms with E-state index in [2.05, 4.69) is 15.2 Å². The van der Waals surface area contributed by atoms with Crippen molar-refractivity contribution in [2.45, 2.75) is 11.8 Å². The Morgan fingerprint density at radius 3 is 1.58 bits per heavy atom. The number of H-pyrrole nitrogens is 1. The number of ether oxygens (including phenoxy) is 4. The third kappa shape index (κ3) is 9.28. The molecule has 4 heterocycles. The zero-order valence-corrected chi connectivity index (χ0v) is 40.9. The van der Waals surface area contributed by atoms with E-state index in [1.807, 2.05) is 97.9 Å². The van der Waals surface area contributed by atoms with E-state index in [1.54, 1.807) is 86.0 Å². The first-order valence-electron chi connectivity index (χ1n) is 23.0. The molecule has 5 N–H and O–H groups in total. The first-order valence-corrected chi connectivity index (χ1v) is 24.5. The number of nitrogen functional groups attached to an aromatic ring is 2. The SMILES string of the molecule is COc1cc(Oc2ccccc2)ccc1-n1ncc(C(=O)c2cc3ccccc3[nH]2)c1N.COc1cc(Oc2ccccc2)ccc1-n1ncc(C(=O)c2cc3ccccc3n2S(=O)(=O)c2ccc(C)cc2)c1N. The van der Waals surface area contributed by atoms with Gasteiger partial charge in [-0.3, -0.25) is 9.59 Å². The van der Waals surface area contributed by atoms with Crippen molar-refractivity contribution in [3.05, 3.63) is 222 Å². The van der Waals surface area contributed by atoms with Gasteiger partial charge in [-0.15, -0.1) is 0 Å². The number of anilines is 2. The number of hydrogen-bond donors (Lipinski definition) is 3. The smallest absolute Gasteiger partial charge is 0.268 e. The second kappa shape index (κ2) is 20.1. The number of aromatic nitrogens is 6. The van der Waals surface area contributed by atoms with Gasteiger partial charge >= 0.3 is 0 Å². The van der Waals surface area contributed by atoms with Crippen LogP contribution in [0, 0.1) is 6.92 Å². The van der Waals surface area contributed by atoms with Crippen molar-refractivity contribution in [1.82, 2.24) is 28.5 Å². The van der Waals surface area contributed by atoms with Crippen LogP contribution in [-0.2, 0) is 10.0 Å². The van der Waals surface area contributed by atoms with Gasteiger partial charge in [0.25, 0.3) is 10.0 Å². The summed E-state index contributed by atoms with van der Waals surface area (Å²) in [6, 6.07) is 53.7. The van der Waals surface area contributed by atoms with E-state index < -0.39 is 15.8 Å². The molecule has 0 amide bonds. The lowest BCUT2D eigenvalue weighted by molar-refractivity contribution is 0.102. The van der Waals surface area contributed by atoms with E-state index >= 15 is 0 Å². The summed E-state index contributed by atoms with van der Waals surface area (Å²) in [5.74, 6) is 2.88. The molecular formula is C57H46N8O8S. The molecule has 0 aliphatic heterocycles. The number of carbonyl (C=O) groups is 2. The maximum absolute atomic E-state index is 14.0. The zero-order valence-electron chi connectivity index (χ0n) is 40.0. The Kier molecular flexibility index (Phi) is 13.0. The van der Waals surface area contributed by atoms with E-state index in [0.717, 1.165) is 20.4 Å². The summed E-state index contributed by atoms with van der Waals surface area (Å²) in [6.07, 6.45) is 2.79. The van der Waals surface area contributed by atoms with Gasteiger partial charge in [0, 0.05) is 28.4 Å². The van der Waals surface area contributed by atoms with E-state index in [4.69, 9.17) is 30.4 Å². The Labute approximate surface area is 424 Å². The topological polar surface area (TPSA) is 214 Å². The zero-order chi connectivity index (χ0) is 51.5. The van der Waals surface area contributed by atoms with Crippen LogP contribution in [0.2, 0.25) is 0 Å². The minimum Gasteiger partial charge on any atom is -0.494 e. The summed E-state index contributed by atoms with van der Waals surface area (Å²) < 4.78 is 54.6. The van der Waals surface area contributed by atoms with Crippen molar-refractivity contribution < 1.29 is 37.0 Å². The van der Waals surface area contributed by atoms with Gasteiger partial charge in [0.2, 0.25) is 11.6 Å². The number of hydrogen-bond acceptors (Lipinski definition) is 12.